The van der Waals surface area contributed by atoms with E-state index < -0.39 is 17.2 Å². The Kier molecular flexibility index (Phi) is 4.85. The quantitative estimate of drug-likeness (QED) is 0.640. The summed E-state index contributed by atoms with van der Waals surface area (Å²) in [7, 11) is 0. The summed E-state index contributed by atoms with van der Waals surface area (Å²) < 4.78 is 12.9. The molecule has 0 atom stereocenters. The SMILES string of the molecule is O=C(Cc1c[nH]c(=O)[nH]c1=O)Nc1ncc(Cc2ccc(F)cc2)s1. The van der Waals surface area contributed by atoms with Crippen molar-refractivity contribution in [3.63, 3.8) is 0 Å². The van der Waals surface area contributed by atoms with Gasteiger partial charge in [-0.25, -0.2) is 14.2 Å². The van der Waals surface area contributed by atoms with Crippen LogP contribution in [0.25, 0.3) is 0 Å². The number of halogens is 1. The first kappa shape index (κ1) is 16.8. The minimum absolute atomic E-state index is 0.153. The topological polar surface area (TPSA) is 108 Å². The molecule has 1 aromatic carbocycles. The number of amides is 1. The molecule has 128 valence electrons. The van der Waals surface area contributed by atoms with Crippen LogP contribution >= 0.6 is 11.3 Å². The van der Waals surface area contributed by atoms with Gasteiger partial charge in [0, 0.05) is 29.3 Å². The first-order chi connectivity index (χ1) is 12.0. The third-order valence-electron chi connectivity index (χ3n) is 3.34. The molecule has 7 nitrogen and oxygen atoms in total. The summed E-state index contributed by atoms with van der Waals surface area (Å²) in [4.78, 5) is 43.9. The number of H-pyrrole nitrogens is 2. The van der Waals surface area contributed by atoms with Gasteiger partial charge in [0.15, 0.2) is 5.13 Å². The lowest BCUT2D eigenvalue weighted by Crippen LogP contribution is -2.27. The number of thiazole rings is 1. The maximum atomic E-state index is 12.9. The minimum Gasteiger partial charge on any atom is -0.314 e. The monoisotopic (exact) mass is 360 g/mol. The fourth-order valence-corrected chi connectivity index (χ4v) is 3.02. The van der Waals surface area contributed by atoms with Crippen LogP contribution in [0.5, 0.6) is 0 Å². The van der Waals surface area contributed by atoms with Crippen molar-refractivity contribution in [1.29, 1.82) is 0 Å². The van der Waals surface area contributed by atoms with Crippen LogP contribution in [-0.2, 0) is 17.6 Å². The van der Waals surface area contributed by atoms with Crippen LogP contribution in [0.15, 0.2) is 46.2 Å². The van der Waals surface area contributed by atoms with E-state index in [1.807, 2.05) is 0 Å². The van der Waals surface area contributed by atoms with Crippen LogP contribution in [0.4, 0.5) is 9.52 Å². The predicted molar refractivity (Wildman–Crippen MR) is 91.3 cm³/mol. The van der Waals surface area contributed by atoms with Crippen LogP contribution in [0, 0.1) is 5.82 Å². The van der Waals surface area contributed by atoms with Gasteiger partial charge in [-0.2, -0.15) is 0 Å². The molecule has 0 aliphatic rings. The Hall–Kier alpha value is -3.07. The van der Waals surface area contributed by atoms with Crippen molar-refractivity contribution in [3.05, 3.63) is 79.3 Å². The number of hydrogen-bond acceptors (Lipinski definition) is 5. The zero-order valence-electron chi connectivity index (χ0n) is 12.8. The second-order valence-electron chi connectivity index (χ2n) is 5.26. The molecule has 1 amide bonds. The van der Waals surface area contributed by atoms with Gasteiger partial charge >= 0.3 is 5.69 Å². The van der Waals surface area contributed by atoms with Gasteiger partial charge in [0.2, 0.25) is 5.91 Å². The highest BCUT2D eigenvalue weighted by Crippen LogP contribution is 2.21. The smallest absolute Gasteiger partial charge is 0.314 e. The Bertz CT molecular complexity index is 1010. The van der Waals surface area contributed by atoms with Gasteiger partial charge in [-0.15, -0.1) is 11.3 Å². The summed E-state index contributed by atoms with van der Waals surface area (Å²) in [5.41, 5.74) is -0.141. The minimum atomic E-state index is -0.625. The number of carbonyl (C=O) groups excluding carboxylic acids is 1. The predicted octanol–water partition coefficient (Wildman–Crippen LogP) is 1.43. The van der Waals surface area contributed by atoms with E-state index in [0.29, 0.717) is 11.6 Å². The fourth-order valence-electron chi connectivity index (χ4n) is 2.16. The molecule has 3 N–H and O–H groups in total. The number of carbonyl (C=O) groups is 1. The number of nitrogens with zero attached hydrogens (tertiary/aromatic N) is 1. The summed E-state index contributed by atoms with van der Waals surface area (Å²) in [5.74, 6) is -0.710. The fraction of sp³-hybridized carbons (Fsp3) is 0.125. The van der Waals surface area contributed by atoms with Crippen LogP contribution in [-0.4, -0.2) is 20.9 Å². The zero-order valence-corrected chi connectivity index (χ0v) is 13.7. The highest BCUT2D eigenvalue weighted by molar-refractivity contribution is 7.15. The summed E-state index contributed by atoms with van der Waals surface area (Å²) >= 11 is 1.30. The second-order valence-corrected chi connectivity index (χ2v) is 6.37. The molecule has 2 aromatic heterocycles. The van der Waals surface area contributed by atoms with Crippen molar-refractivity contribution >= 4 is 22.4 Å². The van der Waals surface area contributed by atoms with Gasteiger partial charge in [-0.3, -0.25) is 14.6 Å². The molecule has 25 heavy (non-hydrogen) atoms. The number of nitrogens with one attached hydrogen (secondary N) is 3. The highest BCUT2D eigenvalue weighted by Gasteiger charge is 2.10. The zero-order chi connectivity index (χ0) is 17.8. The molecule has 3 aromatic rings. The summed E-state index contributed by atoms with van der Waals surface area (Å²) in [5, 5.41) is 3.02. The van der Waals surface area contributed by atoms with Crippen LogP contribution in [0.3, 0.4) is 0 Å². The Balaban J connectivity index is 1.62. The standard InChI is InChI=1S/C16H13FN4O3S/c17-11-3-1-9(2-4-11)5-12-8-19-16(25-12)20-13(22)6-10-7-18-15(24)21-14(10)23/h1-4,7-8H,5-6H2,(H,19,20,22)(H2,18,21,23,24). The lowest BCUT2D eigenvalue weighted by Gasteiger charge is -2.01. The number of aromatic nitrogens is 3. The van der Waals surface area contributed by atoms with E-state index in [1.54, 1.807) is 18.3 Å². The van der Waals surface area contributed by atoms with Crippen LogP contribution in [0.1, 0.15) is 16.0 Å². The second kappa shape index (κ2) is 7.22. The number of hydrogen-bond donors (Lipinski definition) is 3. The lowest BCUT2D eigenvalue weighted by atomic mass is 10.1. The first-order valence-electron chi connectivity index (χ1n) is 7.29. The largest absolute Gasteiger partial charge is 0.325 e. The Labute approximate surface area is 144 Å². The van der Waals surface area contributed by atoms with Gasteiger partial charge in [-0.1, -0.05) is 12.1 Å². The van der Waals surface area contributed by atoms with Crippen LogP contribution in [0.2, 0.25) is 0 Å². The third-order valence-corrected chi connectivity index (χ3v) is 4.25. The highest BCUT2D eigenvalue weighted by atomic mass is 32.1. The molecule has 0 aliphatic heterocycles. The number of benzene rings is 1. The maximum Gasteiger partial charge on any atom is 0.325 e. The van der Waals surface area contributed by atoms with Crippen molar-refractivity contribution in [2.45, 2.75) is 12.8 Å². The molecular formula is C16H13FN4O3S. The Morgan fingerprint density at radius 1 is 1.24 bits per heavy atom. The summed E-state index contributed by atoms with van der Waals surface area (Å²) in [6.45, 7) is 0. The molecule has 0 saturated heterocycles. The molecule has 9 heteroatoms. The Morgan fingerprint density at radius 3 is 2.72 bits per heavy atom. The number of rotatable bonds is 5. The molecule has 0 spiro atoms. The van der Waals surface area contributed by atoms with E-state index in [0.717, 1.165) is 10.4 Å². The first-order valence-corrected chi connectivity index (χ1v) is 8.11. The molecule has 3 rings (SSSR count). The summed E-state index contributed by atoms with van der Waals surface area (Å²) in [6, 6.07) is 6.16. The lowest BCUT2D eigenvalue weighted by molar-refractivity contribution is -0.115. The molecule has 0 aliphatic carbocycles. The maximum absolute atomic E-state index is 12.9. The molecule has 0 fully saturated rings. The molecule has 0 bridgehead atoms. The van der Waals surface area contributed by atoms with E-state index in [2.05, 4.69) is 20.3 Å². The third kappa shape index (κ3) is 4.48. The van der Waals surface area contributed by atoms with Crippen molar-refractivity contribution in [2.24, 2.45) is 0 Å². The average molecular weight is 360 g/mol. The summed E-state index contributed by atoms with van der Waals surface area (Å²) in [6.07, 6.45) is 3.24. The molecular weight excluding hydrogens is 347 g/mol. The molecule has 2 heterocycles. The van der Waals surface area contributed by atoms with E-state index in [1.165, 1.54) is 29.7 Å². The van der Waals surface area contributed by atoms with Crippen molar-refractivity contribution in [3.8, 4) is 0 Å². The van der Waals surface area contributed by atoms with E-state index in [-0.39, 0.29) is 17.8 Å². The molecule has 0 saturated carbocycles. The van der Waals surface area contributed by atoms with Gasteiger partial charge < -0.3 is 10.3 Å². The van der Waals surface area contributed by atoms with Crippen molar-refractivity contribution < 1.29 is 9.18 Å². The normalized spacial score (nSPS) is 10.6. The molecule has 0 unspecified atom stereocenters. The van der Waals surface area contributed by atoms with Crippen molar-refractivity contribution in [2.75, 3.05) is 5.32 Å². The Morgan fingerprint density at radius 2 is 2.00 bits per heavy atom. The van der Waals surface area contributed by atoms with Crippen LogP contribution < -0.4 is 16.6 Å². The van der Waals surface area contributed by atoms with Gasteiger partial charge in [0.25, 0.3) is 5.56 Å². The van der Waals surface area contributed by atoms with Crippen molar-refractivity contribution in [1.82, 2.24) is 15.0 Å². The number of anilines is 1. The molecule has 0 radical (unpaired) electrons. The van der Waals surface area contributed by atoms with E-state index >= 15 is 0 Å². The average Bonchev–Trinajstić information content (AvgIpc) is 2.99. The number of aromatic amines is 2. The van der Waals surface area contributed by atoms with E-state index in [4.69, 9.17) is 0 Å². The van der Waals surface area contributed by atoms with Gasteiger partial charge in [0.1, 0.15) is 5.82 Å². The van der Waals surface area contributed by atoms with E-state index in [9.17, 15) is 18.8 Å². The van der Waals surface area contributed by atoms with Gasteiger partial charge in [0.05, 0.1) is 6.42 Å². The van der Waals surface area contributed by atoms with Gasteiger partial charge in [-0.05, 0) is 17.7 Å².